The molecule has 0 spiro atoms. The van der Waals surface area contributed by atoms with Gasteiger partial charge in [-0.1, -0.05) is 23.4 Å². The molecule has 32 heavy (non-hydrogen) atoms. The molecular weight excluding hydrogens is 410 g/mol. The lowest BCUT2D eigenvalue weighted by atomic mass is 10.1. The predicted octanol–water partition coefficient (Wildman–Crippen LogP) is 3.13. The van der Waals surface area contributed by atoms with Crippen LogP contribution in [0.3, 0.4) is 0 Å². The van der Waals surface area contributed by atoms with Crippen molar-refractivity contribution in [3.8, 4) is 11.5 Å². The summed E-state index contributed by atoms with van der Waals surface area (Å²) in [7, 11) is 3.29. The van der Waals surface area contributed by atoms with E-state index in [-0.39, 0.29) is 11.9 Å². The van der Waals surface area contributed by atoms with Gasteiger partial charge in [-0.3, -0.25) is 4.79 Å². The van der Waals surface area contributed by atoms with Gasteiger partial charge in [-0.05, 0) is 42.8 Å². The molecular formula is C23H27N5O4. The zero-order valence-corrected chi connectivity index (χ0v) is 18.4. The van der Waals surface area contributed by atoms with E-state index < -0.39 is 0 Å². The maximum atomic E-state index is 12.4. The number of urea groups is 1. The van der Waals surface area contributed by atoms with Gasteiger partial charge in [0.2, 0.25) is 0 Å². The molecule has 9 heteroatoms. The minimum Gasteiger partial charge on any atom is -0.383 e. The van der Waals surface area contributed by atoms with E-state index >= 15 is 0 Å². The van der Waals surface area contributed by atoms with Gasteiger partial charge in [-0.25, -0.2) is 4.79 Å². The molecule has 1 aromatic heterocycles. The van der Waals surface area contributed by atoms with Crippen LogP contribution in [0.4, 0.5) is 10.5 Å². The molecule has 0 aliphatic rings. The molecule has 9 nitrogen and oxygen atoms in total. The highest BCUT2D eigenvalue weighted by atomic mass is 16.5. The highest BCUT2D eigenvalue weighted by Gasteiger charge is 2.14. The average molecular weight is 438 g/mol. The van der Waals surface area contributed by atoms with Crippen LogP contribution in [0.15, 0.2) is 53.1 Å². The molecule has 0 bridgehead atoms. The number of carbonyl (C=O) groups excluding carboxylic acids is 2. The summed E-state index contributed by atoms with van der Waals surface area (Å²) >= 11 is 0. The van der Waals surface area contributed by atoms with Crippen LogP contribution >= 0.6 is 0 Å². The second-order valence-corrected chi connectivity index (χ2v) is 7.26. The zero-order chi connectivity index (χ0) is 22.9. The van der Waals surface area contributed by atoms with Crippen LogP contribution in [0.25, 0.3) is 11.5 Å². The van der Waals surface area contributed by atoms with Gasteiger partial charge in [-0.2, -0.15) is 4.98 Å². The Labute approximate surface area is 186 Å². The van der Waals surface area contributed by atoms with Crippen LogP contribution in [-0.4, -0.2) is 60.8 Å². The first-order valence-electron chi connectivity index (χ1n) is 10.3. The first-order valence-corrected chi connectivity index (χ1v) is 10.3. The molecule has 3 aromatic rings. The Morgan fingerprint density at radius 2 is 1.88 bits per heavy atom. The van der Waals surface area contributed by atoms with Gasteiger partial charge in [0.25, 0.3) is 11.8 Å². The highest BCUT2D eigenvalue weighted by Crippen LogP contribution is 2.18. The molecule has 3 amide bonds. The summed E-state index contributed by atoms with van der Waals surface area (Å²) in [6.45, 7) is 3.27. The Hall–Kier alpha value is -3.72. The van der Waals surface area contributed by atoms with E-state index in [0.29, 0.717) is 49.0 Å². The van der Waals surface area contributed by atoms with Crippen molar-refractivity contribution in [1.82, 2.24) is 20.4 Å². The normalized spacial score (nSPS) is 10.6. The number of carbonyl (C=O) groups is 2. The van der Waals surface area contributed by atoms with Crippen molar-refractivity contribution < 1.29 is 18.8 Å². The molecule has 2 aromatic carbocycles. The summed E-state index contributed by atoms with van der Waals surface area (Å²) in [5, 5.41) is 9.65. The molecule has 2 N–H and O–H groups in total. The predicted molar refractivity (Wildman–Crippen MR) is 120 cm³/mol. The van der Waals surface area contributed by atoms with Gasteiger partial charge in [0, 0.05) is 50.5 Å². The van der Waals surface area contributed by atoms with Crippen LogP contribution in [0.1, 0.15) is 21.7 Å². The molecule has 3 rings (SSSR count). The number of aromatic nitrogens is 2. The SMILES string of the molecule is COCCNC(=O)c1ccc(-c2nc(CCN(C)C(=O)Nc3ccccc3C)no2)cc1. The third kappa shape index (κ3) is 6.14. The minimum atomic E-state index is -0.206. The second-order valence-electron chi connectivity index (χ2n) is 7.26. The Kier molecular flexibility index (Phi) is 7.93. The maximum absolute atomic E-state index is 12.4. The zero-order valence-electron chi connectivity index (χ0n) is 18.4. The number of hydrogen-bond acceptors (Lipinski definition) is 6. The Morgan fingerprint density at radius 1 is 1.12 bits per heavy atom. The summed E-state index contributed by atoms with van der Waals surface area (Å²) < 4.78 is 10.3. The van der Waals surface area contributed by atoms with Crippen molar-refractivity contribution in [3.05, 3.63) is 65.5 Å². The number of likely N-dealkylation sites (N-methyl/N-ethyl adjacent to an activating group) is 1. The molecule has 0 unspecified atom stereocenters. The van der Waals surface area contributed by atoms with Crippen molar-refractivity contribution >= 4 is 17.6 Å². The highest BCUT2D eigenvalue weighted by molar-refractivity contribution is 5.94. The van der Waals surface area contributed by atoms with E-state index in [9.17, 15) is 9.59 Å². The summed E-state index contributed by atoms with van der Waals surface area (Å²) in [5.41, 5.74) is 3.02. The number of rotatable bonds is 9. The van der Waals surface area contributed by atoms with Gasteiger partial charge in [0.15, 0.2) is 5.82 Å². The van der Waals surface area contributed by atoms with Gasteiger partial charge >= 0.3 is 6.03 Å². The Bertz CT molecular complexity index is 1050. The third-order valence-electron chi connectivity index (χ3n) is 4.86. The molecule has 168 valence electrons. The van der Waals surface area contributed by atoms with Crippen molar-refractivity contribution in [2.24, 2.45) is 0 Å². The van der Waals surface area contributed by atoms with Crippen LogP contribution in [0.5, 0.6) is 0 Å². The molecule has 0 radical (unpaired) electrons. The number of aryl methyl sites for hydroxylation is 1. The van der Waals surface area contributed by atoms with Crippen molar-refractivity contribution in [2.75, 3.05) is 39.2 Å². The number of amides is 3. The van der Waals surface area contributed by atoms with Gasteiger partial charge < -0.3 is 24.8 Å². The summed E-state index contributed by atoms with van der Waals surface area (Å²) in [6.07, 6.45) is 0.446. The van der Waals surface area contributed by atoms with Gasteiger partial charge in [0.05, 0.1) is 6.61 Å². The Morgan fingerprint density at radius 3 is 2.59 bits per heavy atom. The van der Waals surface area contributed by atoms with E-state index in [1.165, 1.54) is 0 Å². The van der Waals surface area contributed by atoms with Crippen molar-refractivity contribution in [2.45, 2.75) is 13.3 Å². The van der Waals surface area contributed by atoms with E-state index in [4.69, 9.17) is 9.26 Å². The lowest BCUT2D eigenvalue weighted by Gasteiger charge is -2.18. The maximum Gasteiger partial charge on any atom is 0.321 e. The summed E-state index contributed by atoms with van der Waals surface area (Å²) in [5.74, 6) is 0.683. The number of nitrogens with zero attached hydrogens (tertiary/aromatic N) is 3. The van der Waals surface area contributed by atoms with Crippen LogP contribution in [0.2, 0.25) is 0 Å². The molecule has 0 aliphatic carbocycles. The quantitative estimate of drug-likeness (QED) is 0.498. The fourth-order valence-electron chi connectivity index (χ4n) is 2.90. The van der Waals surface area contributed by atoms with E-state index in [1.807, 2.05) is 31.2 Å². The van der Waals surface area contributed by atoms with Crippen molar-refractivity contribution in [3.63, 3.8) is 0 Å². The molecule has 0 fully saturated rings. The number of methoxy groups -OCH3 is 1. The summed E-state index contributed by atoms with van der Waals surface area (Å²) in [6, 6.07) is 14.3. The van der Waals surface area contributed by atoms with Crippen LogP contribution in [0, 0.1) is 6.92 Å². The average Bonchev–Trinajstić information content (AvgIpc) is 3.28. The second kappa shape index (κ2) is 11.1. The van der Waals surface area contributed by atoms with E-state index in [2.05, 4.69) is 20.8 Å². The number of para-hydroxylation sites is 1. The lowest BCUT2D eigenvalue weighted by Crippen LogP contribution is -2.33. The van der Waals surface area contributed by atoms with Gasteiger partial charge in [-0.15, -0.1) is 0 Å². The van der Waals surface area contributed by atoms with Crippen molar-refractivity contribution in [1.29, 1.82) is 0 Å². The number of hydrogen-bond donors (Lipinski definition) is 2. The monoisotopic (exact) mass is 437 g/mol. The molecule has 0 aliphatic heterocycles. The number of benzene rings is 2. The first kappa shape index (κ1) is 23.0. The Balaban J connectivity index is 1.52. The molecule has 0 saturated heterocycles. The fourth-order valence-corrected chi connectivity index (χ4v) is 2.90. The largest absolute Gasteiger partial charge is 0.383 e. The van der Waals surface area contributed by atoms with Crippen LogP contribution < -0.4 is 10.6 Å². The topological polar surface area (TPSA) is 110 Å². The molecule has 0 saturated carbocycles. The smallest absolute Gasteiger partial charge is 0.321 e. The minimum absolute atomic E-state index is 0.174. The lowest BCUT2D eigenvalue weighted by molar-refractivity contribution is 0.0937. The summed E-state index contributed by atoms with van der Waals surface area (Å²) in [4.78, 5) is 30.4. The van der Waals surface area contributed by atoms with E-state index in [1.54, 1.807) is 43.3 Å². The number of nitrogens with one attached hydrogen (secondary N) is 2. The first-order chi connectivity index (χ1) is 15.5. The number of anilines is 1. The standard InChI is InChI=1S/C23H27N5O4/c1-16-6-4-5-7-19(16)25-23(30)28(2)14-12-20-26-22(32-27-20)18-10-8-17(9-11-18)21(29)24-13-15-31-3/h4-11H,12-15H2,1-3H3,(H,24,29)(H,25,30). The van der Waals surface area contributed by atoms with E-state index in [0.717, 1.165) is 11.3 Å². The molecule has 1 heterocycles. The third-order valence-corrected chi connectivity index (χ3v) is 4.86. The van der Waals surface area contributed by atoms with Gasteiger partial charge in [0.1, 0.15) is 0 Å². The number of ether oxygens (including phenoxy) is 1. The molecule has 0 atom stereocenters. The fraction of sp³-hybridized carbons (Fsp3) is 0.304. The van der Waals surface area contributed by atoms with Crippen LogP contribution in [-0.2, 0) is 11.2 Å².